The topological polar surface area (TPSA) is 97.7 Å². The van der Waals surface area contributed by atoms with Gasteiger partial charge in [0.2, 0.25) is 0 Å². The Morgan fingerprint density at radius 1 is 1.07 bits per heavy atom. The maximum Gasteiger partial charge on any atom is 0.344 e. The average Bonchev–Trinajstić information content (AvgIpc) is 2.90. The number of aryl methyl sites for hydroxylation is 1. The highest BCUT2D eigenvalue weighted by atomic mass is 32.1. The van der Waals surface area contributed by atoms with Gasteiger partial charge in [0.15, 0.2) is 13.2 Å². The van der Waals surface area contributed by atoms with E-state index < -0.39 is 18.5 Å². The molecule has 0 saturated carbocycles. The van der Waals surface area contributed by atoms with Gasteiger partial charge in [0.05, 0.1) is 12.2 Å². The van der Waals surface area contributed by atoms with E-state index in [0.29, 0.717) is 28.7 Å². The maximum atomic E-state index is 12.2. The quantitative estimate of drug-likeness (QED) is 0.507. The van der Waals surface area contributed by atoms with Crippen LogP contribution in [0.5, 0.6) is 11.5 Å². The van der Waals surface area contributed by atoms with Gasteiger partial charge < -0.3 is 19.5 Å². The minimum absolute atomic E-state index is 0.308. The molecule has 1 amide bonds. The lowest BCUT2D eigenvalue weighted by Gasteiger charge is -2.08. The van der Waals surface area contributed by atoms with Crippen LogP contribution in [0.1, 0.15) is 42.2 Å². The van der Waals surface area contributed by atoms with Crippen LogP contribution in [0.4, 0.5) is 5.00 Å². The summed E-state index contributed by atoms with van der Waals surface area (Å²) in [6, 6.07) is 9.08. The van der Waals surface area contributed by atoms with Crippen molar-refractivity contribution in [1.29, 1.82) is 5.26 Å². The Kier molecular flexibility index (Phi) is 7.69. The number of hydrogen-bond acceptors (Lipinski definition) is 7. The Morgan fingerprint density at radius 3 is 2.47 bits per heavy atom. The molecular weight excluding hydrogens is 404 g/mol. The molecule has 1 N–H and O–H groups in total. The highest BCUT2D eigenvalue weighted by Crippen LogP contribution is 2.36. The third kappa shape index (κ3) is 5.74. The number of esters is 1. The molecule has 0 saturated heterocycles. The number of amides is 1. The molecule has 0 atom stereocenters. The lowest BCUT2D eigenvalue weighted by molar-refractivity contribution is -0.149. The van der Waals surface area contributed by atoms with Crippen LogP contribution in [0, 0.1) is 11.3 Å². The maximum absolute atomic E-state index is 12.2. The fourth-order valence-corrected chi connectivity index (χ4v) is 4.50. The summed E-state index contributed by atoms with van der Waals surface area (Å²) >= 11 is 1.44. The predicted octanol–water partition coefficient (Wildman–Crippen LogP) is 3.85. The van der Waals surface area contributed by atoms with Crippen molar-refractivity contribution in [2.75, 3.05) is 25.1 Å². The van der Waals surface area contributed by atoms with E-state index in [1.165, 1.54) is 16.2 Å². The second kappa shape index (κ2) is 10.6. The largest absolute Gasteiger partial charge is 0.494 e. The van der Waals surface area contributed by atoms with Gasteiger partial charge >= 0.3 is 5.97 Å². The molecule has 8 heteroatoms. The first-order valence-corrected chi connectivity index (χ1v) is 10.8. The Labute approximate surface area is 179 Å². The average molecular weight is 429 g/mol. The van der Waals surface area contributed by atoms with Crippen LogP contribution in [-0.2, 0) is 27.2 Å². The fraction of sp³-hybridized carbons (Fsp3) is 0.409. The number of carbonyl (C=O) groups excluding carboxylic acids is 2. The summed E-state index contributed by atoms with van der Waals surface area (Å²) in [5, 5.41) is 12.8. The minimum atomic E-state index is -0.651. The SMILES string of the molecule is CCOc1ccc(OCC(=O)OCC(=O)Nc2sc3c(c2C#N)CCCCC3)cc1. The zero-order valence-corrected chi connectivity index (χ0v) is 17.7. The van der Waals surface area contributed by atoms with E-state index in [9.17, 15) is 14.9 Å². The highest BCUT2D eigenvalue weighted by Gasteiger charge is 2.21. The van der Waals surface area contributed by atoms with Crippen LogP contribution in [0.25, 0.3) is 0 Å². The van der Waals surface area contributed by atoms with E-state index in [1.54, 1.807) is 24.3 Å². The van der Waals surface area contributed by atoms with Crippen LogP contribution in [0.15, 0.2) is 24.3 Å². The van der Waals surface area contributed by atoms with Crippen LogP contribution >= 0.6 is 11.3 Å². The molecule has 0 bridgehead atoms. The molecule has 1 heterocycles. The van der Waals surface area contributed by atoms with E-state index in [0.717, 1.165) is 37.7 Å². The Bertz CT molecular complexity index is 930. The van der Waals surface area contributed by atoms with Crippen molar-refractivity contribution in [3.05, 3.63) is 40.3 Å². The van der Waals surface area contributed by atoms with Crippen molar-refractivity contribution in [3.8, 4) is 17.6 Å². The standard InChI is InChI=1S/C22H24N2O5S/c1-2-27-15-8-10-16(11-9-15)28-14-21(26)29-13-20(25)24-22-18(12-23)17-6-4-3-5-7-19(17)30-22/h8-11H,2-7,13-14H2,1H3,(H,24,25). The number of nitrogens with zero attached hydrogens (tertiary/aromatic N) is 1. The zero-order valence-electron chi connectivity index (χ0n) is 16.9. The number of fused-ring (bicyclic) bond motifs is 1. The molecule has 7 nitrogen and oxygen atoms in total. The third-order valence-electron chi connectivity index (χ3n) is 4.64. The first kappa shape index (κ1) is 21.7. The van der Waals surface area contributed by atoms with Gasteiger partial charge in [-0.3, -0.25) is 4.79 Å². The molecule has 0 fully saturated rings. The second-order valence-corrected chi connectivity index (χ2v) is 7.89. The van der Waals surface area contributed by atoms with Gasteiger partial charge in [0, 0.05) is 4.88 Å². The molecule has 0 spiro atoms. The van der Waals surface area contributed by atoms with Gasteiger partial charge in [-0.25, -0.2) is 4.79 Å². The van der Waals surface area contributed by atoms with Gasteiger partial charge in [0.1, 0.15) is 22.6 Å². The van der Waals surface area contributed by atoms with Gasteiger partial charge in [-0.05, 0) is 62.4 Å². The summed E-state index contributed by atoms with van der Waals surface area (Å²) in [5.41, 5.74) is 1.59. The minimum Gasteiger partial charge on any atom is -0.494 e. The summed E-state index contributed by atoms with van der Waals surface area (Å²) in [6.45, 7) is 1.72. The predicted molar refractivity (Wildman–Crippen MR) is 113 cm³/mol. The van der Waals surface area contributed by atoms with Gasteiger partial charge in [-0.1, -0.05) is 6.42 Å². The summed E-state index contributed by atoms with van der Waals surface area (Å²) in [4.78, 5) is 25.2. The molecule has 3 rings (SSSR count). The lowest BCUT2D eigenvalue weighted by atomic mass is 10.1. The van der Waals surface area contributed by atoms with Crippen LogP contribution in [-0.4, -0.2) is 31.7 Å². The number of ether oxygens (including phenoxy) is 3. The van der Waals surface area contributed by atoms with Gasteiger partial charge in [-0.15, -0.1) is 11.3 Å². The summed E-state index contributed by atoms with van der Waals surface area (Å²) in [6.07, 6.45) is 5.10. The van der Waals surface area contributed by atoms with Crippen molar-refractivity contribution in [2.24, 2.45) is 0 Å². The number of thiophene rings is 1. The van der Waals surface area contributed by atoms with Crippen LogP contribution in [0.2, 0.25) is 0 Å². The number of benzene rings is 1. The fourth-order valence-electron chi connectivity index (χ4n) is 3.24. The summed E-state index contributed by atoms with van der Waals surface area (Å²) in [5.74, 6) is 0.0872. The van der Waals surface area contributed by atoms with Crippen LogP contribution in [0.3, 0.4) is 0 Å². The molecule has 2 aromatic rings. The smallest absolute Gasteiger partial charge is 0.344 e. The monoisotopic (exact) mass is 428 g/mol. The van der Waals surface area contributed by atoms with E-state index in [2.05, 4.69) is 11.4 Å². The first-order valence-electron chi connectivity index (χ1n) is 9.96. The second-order valence-electron chi connectivity index (χ2n) is 6.78. The summed E-state index contributed by atoms with van der Waals surface area (Å²) in [7, 11) is 0. The first-order chi connectivity index (χ1) is 14.6. The van der Waals surface area contributed by atoms with Crippen molar-refractivity contribution in [1.82, 2.24) is 0 Å². The number of nitriles is 1. The summed E-state index contributed by atoms with van der Waals surface area (Å²) < 4.78 is 15.7. The zero-order chi connectivity index (χ0) is 21.3. The normalized spacial score (nSPS) is 12.8. The number of nitrogens with one attached hydrogen (secondary N) is 1. The van der Waals surface area contributed by atoms with Gasteiger partial charge in [-0.2, -0.15) is 5.26 Å². The molecule has 30 heavy (non-hydrogen) atoms. The molecule has 1 aromatic carbocycles. The van der Waals surface area contributed by atoms with Crippen molar-refractivity contribution in [3.63, 3.8) is 0 Å². The number of rotatable bonds is 8. The van der Waals surface area contributed by atoms with Crippen molar-refractivity contribution in [2.45, 2.75) is 39.0 Å². The molecule has 0 radical (unpaired) electrons. The Balaban J connectivity index is 1.46. The molecular formula is C22H24N2O5S. The third-order valence-corrected chi connectivity index (χ3v) is 5.85. The van der Waals surface area contributed by atoms with Crippen LogP contribution < -0.4 is 14.8 Å². The van der Waals surface area contributed by atoms with E-state index in [4.69, 9.17) is 14.2 Å². The lowest BCUT2D eigenvalue weighted by Crippen LogP contribution is -2.23. The number of anilines is 1. The molecule has 1 aliphatic carbocycles. The van der Waals surface area contributed by atoms with Gasteiger partial charge in [0.25, 0.3) is 5.91 Å². The Morgan fingerprint density at radius 2 is 1.77 bits per heavy atom. The van der Waals surface area contributed by atoms with Crippen molar-refractivity contribution >= 4 is 28.2 Å². The highest BCUT2D eigenvalue weighted by molar-refractivity contribution is 7.16. The Hall–Kier alpha value is -3.05. The van der Waals surface area contributed by atoms with Crippen molar-refractivity contribution < 1.29 is 23.8 Å². The molecule has 0 unspecified atom stereocenters. The molecule has 158 valence electrons. The van der Waals surface area contributed by atoms with E-state index >= 15 is 0 Å². The molecule has 1 aromatic heterocycles. The number of hydrogen-bond donors (Lipinski definition) is 1. The van der Waals surface area contributed by atoms with E-state index in [1.807, 2.05) is 6.92 Å². The molecule has 1 aliphatic rings. The van der Waals surface area contributed by atoms with E-state index in [-0.39, 0.29) is 6.61 Å². The number of carbonyl (C=O) groups is 2. The molecule has 0 aliphatic heterocycles.